The fourth-order valence-electron chi connectivity index (χ4n) is 5.82. The number of aromatic amines is 1. The molecule has 2 N–H and O–H groups in total. The molecule has 2 saturated heterocycles. The fraction of sp³-hybridized carbons (Fsp3) is 0.312. The summed E-state index contributed by atoms with van der Waals surface area (Å²) >= 11 is 0. The van der Waals surface area contributed by atoms with Gasteiger partial charge in [-0.2, -0.15) is 0 Å². The SMILES string of the molecule is COc1ccc(C(OC[C@@]23CO[C@@H]([C@H](n4cc(C)c(=O)[nH]c4=O)O2)[C@@H]3O)(c2ccccc2)c2ccc(OC)cc2)cc1. The van der Waals surface area contributed by atoms with Crippen molar-refractivity contribution in [1.29, 1.82) is 0 Å². The summed E-state index contributed by atoms with van der Waals surface area (Å²) in [5, 5.41) is 11.4. The Morgan fingerprint density at radius 1 is 0.929 bits per heavy atom. The van der Waals surface area contributed by atoms with E-state index in [0.29, 0.717) is 17.1 Å². The van der Waals surface area contributed by atoms with Gasteiger partial charge in [0, 0.05) is 11.8 Å². The van der Waals surface area contributed by atoms with Crippen LogP contribution in [0.25, 0.3) is 0 Å². The maximum atomic E-state index is 12.7. The Morgan fingerprint density at radius 2 is 1.50 bits per heavy atom. The number of aromatic nitrogens is 2. The first-order chi connectivity index (χ1) is 20.3. The molecule has 0 amide bonds. The third kappa shape index (κ3) is 4.53. The molecule has 10 nitrogen and oxygen atoms in total. The van der Waals surface area contributed by atoms with E-state index in [1.54, 1.807) is 21.1 Å². The van der Waals surface area contributed by atoms with Crippen LogP contribution in [0, 0.1) is 6.92 Å². The molecule has 218 valence electrons. The first kappa shape index (κ1) is 27.9. The van der Waals surface area contributed by atoms with Crippen molar-refractivity contribution in [2.24, 2.45) is 0 Å². The third-order valence-electron chi connectivity index (χ3n) is 8.13. The topological polar surface area (TPSA) is 121 Å². The molecule has 0 unspecified atom stereocenters. The lowest BCUT2D eigenvalue weighted by atomic mass is 9.79. The van der Waals surface area contributed by atoms with Gasteiger partial charge in [0.25, 0.3) is 5.56 Å². The first-order valence-electron chi connectivity index (χ1n) is 13.6. The maximum absolute atomic E-state index is 12.7. The number of nitrogens with one attached hydrogen (secondary N) is 1. The summed E-state index contributed by atoms with van der Waals surface area (Å²) in [6, 6.07) is 25.0. The van der Waals surface area contributed by atoms with E-state index in [1.807, 2.05) is 78.9 Å². The van der Waals surface area contributed by atoms with Gasteiger partial charge in [-0.1, -0.05) is 54.6 Å². The van der Waals surface area contributed by atoms with Gasteiger partial charge in [-0.05, 0) is 47.9 Å². The molecular weight excluding hydrogens is 540 g/mol. The minimum Gasteiger partial charge on any atom is -0.497 e. The molecule has 2 aliphatic rings. The van der Waals surface area contributed by atoms with Crippen LogP contribution in [0.2, 0.25) is 0 Å². The molecule has 4 aromatic rings. The summed E-state index contributed by atoms with van der Waals surface area (Å²) < 4.78 is 31.4. The van der Waals surface area contributed by atoms with Gasteiger partial charge in [0.05, 0.1) is 27.4 Å². The van der Waals surface area contributed by atoms with Gasteiger partial charge in [0.1, 0.15) is 34.9 Å². The lowest BCUT2D eigenvalue weighted by Gasteiger charge is -2.39. The number of nitrogens with zero attached hydrogens (tertiary/aromatic N) is 1. The quantitative estimate of drug-likeness (QED) is 0.294. The summed E-state index contributed by atoms with van der Waals surface area (Å²) in [6.45, 7) is 1.57. The average molecular weight is 573 g/mol. The van der Waals surface area contributed by atoms with Gasteiger partial charge in [0.15, 0.2) is 6.23 Å². The Hall–Kier alpha value is -4.22. The van der Waals surface area contributed by atoms with E-state index < -0.39 is 40.9 Å². The smallest absolute Gasteiger partial charge is 0.330 e. The molecule has 2 aliphatic heterocycles. The summed E-state index contributed by atoms with van der Waals surface area (Å²) in [6.07, 6.45) is -1.46. The zero-order valence-corrected chi connectivity index (χ0v) is 23.5. The van der Waals surface area contributed by atoms with Crippen LogP contribution in [0.15, 0.2) is 94.6 Å². The van der Waals surface area contributed by atoms with Gasteiger partial charge in [-0.3, -0.25) is 14.3 Å². The number of aryl methyl sites for hydroxylation is 1. The highest BCUT2D eigenvalue weighted by molar-refractivity contribution is 5.49. The molecule has 0 radical (unpaired) electrons. The van der Waals surface area contributed by atoms with Crippen LogP contribution in [0.5, 0.6) is 11.5 Å². The molecule has 42 heavy (non-hydrogen) atoms. The van der Waals surface area contributed by atoms with E-state index in [9.17, 15) is 14.7 Å². The average Bonchev–Trinajstić information content (AvgIpc) is 3.49. The van der Waals surface area contributed by atoms with Crippen molar-refractivity contribution < 1.29 is 28.8 Å². The van der Waals surface area contributed by atoms with Crippen LogP contribution in [-0.4, -0.2) is 59.9 Å². The molecule has 3 heterocycles. The highest BCUT2D eigenvalue weighted by atomic mass is 16.7. The van der Waals surface area contributed by atoms with Crippen molar-refractivity contribution >= 4 is 0 Å². The van der Waals surface area contributed by atoms with Crippen LogP contribution in [-0.2, 0) is 19.8 Å². The predicted octanol–water partition coefficient (Wildman–Crippen LogP) is 2.90. The van der Waals surface area contributed by atoms with Crippen molar-refractivity contribution in [3.8, 4) is 11.5 Å². The summed E-state index contributed by atoms with van der Waals surface area (Å²) in [7, 11) is 3.22. The van der Waals surface area contributed by atoms with Crippen LogP contribution in [0.1, 0.15) is 28.5 Å². The van der Waals surface area contributed by atoms with E-state index in [4.69, 9.17) is 23.7 Å². The Morgan fingerprint density at radius 3 is 2.07 bits per heavy atom. The minimum absolute atomic E-state index is 0.0580. The molecule has 6 rings (SSSR count). The number of hydrogen-bond acceptors (Lipinski definition) is 8. The lowest BCUT2D eigenvalue weighted by Crippen LogP contribution is -2.48. The second-order valence-electron chi connectivity index (χ2n) is 10.6. The standard InChI is InChI=1S/C32H32N2O8/c1-20-17-34(30(37)33-28(20)36)29-26-27(35)31(42-29,18-40-26)19-41-32(21-7-5-4-6-8-21,22-9-13-24(38-2)14-10-22)23-11-15-25(39-3)16-12-23/h4-17,26-27,29,35H,18-19H2,1-3H3,(H,33,36,37)/t26-,27+,29-,31-/m1/s1. The van der Waals surface area contributed by atoms with Gasteiger partial charge < -0.3 is 28.8 Å². The van der Waals surface area contributed by atoms with Gasteiger partial charge in [-0.15, -0.1) is 0 Å². The number of benzene rings is 3. The summed E-state index contributed by atoms with van der Waals surface area (Å²) in [5.74, 6) is 1.39. The lowest BCUT2D eigenvalue weighted by molar-refractivity contribution is -0.204. The molecule has 4 atom stereocenters. The highest BCUT2D eigenvalue weighted by Crippen LogP contribution is 2.48. The predicted molar refractivity (Wildman–Crippen MR) is 153 cm³/mol. The Bertz CT molecular complexity index is 1620. The third-order valence-corrected chi connectivity index (χ3v) is 8.13. The summed E-state index contributed by atoms with van der Waals surface area (Å²) in [5.41, 5.74) is -0.717. The van der Waals surface area contributed by atoms with E-state index in [2.05, 4.69) is 4.98 Å². The Balaban J connectivity index is 1.44. The monoisotopic (exact) mass is 572 g/mol. The van der Waals surface area contributed by atoms with E-state index >= 15 is 0 Å². The molecule has 10 heteroatoms. The van der Waals surface area contributed by atoms with Crippen molar-refractivity contribution in [3.05, 3.63) is 128 Å². The van der Waals surface area contributed by atoms with Crippen molar-refractivity contribution in [2.75, 3.05) is 27.4 Å². The van der Waals surface area contributed by atoms with Crippen LogP contribution < -0.4 is 20.7 Å². The highest BCUT2D eigenvalue weighted by Gasteiger charge is 2.63. The number of rotatable bonds is 9. The molecule has 1 aromatic heterocycles. The molecule has 0 saturated carbocycles. The molecule has 2 fully saturated rings. The second kappa shape index (κ2) is 10.9. The molecular formula is C32H32N2O8. The number of hydrogen-bond donors (Lipinski definition) is 2. The van der Waals surface area contributed by atoms with E-state index in [-0.39, 0.29) is 13.2 Å². The van der Waals surface area contributed by atoms with Crippen molar-refractivity contribution in [1.82, 2.24) is 9.55 Å². The minimum atomic E-state index is -1.28. The zero-order valence-electron chi connectivity index (χ0n) is 23.5. The largest absolute Gasteiger partial charge is 0.497 e. The van der Waals surface area contributed by atoms with Gasteiger partial charge in [-0.25, -0.2) is 4.79 Å². The Kier molecular flexibility index (Phi) is 7.24. The fourth-order valence-corrected chi connectivity index (χ4v) is 5.82. The summed E-state index contributed by atoms with van der Waals surface area (Å²) in [4.78, 5) is 26.9. The number of H-pyrrole nitrogens is 1. The first-order valence-corrected chi connectivity index (χ1v) is 13.6. The van der Waals surface area contributed by atoms with Crippen molar-refractivity contribution in [2.45, 2.75) is 36.6 Å². The van der Waals surface area contributed by atoms with Gasteiger partial charge in [0.2, 0.25) is 0 Å². The molecule has 3 aromatic carbocycles. The second-order valence-corrected chi connectivity index (χ2v) is 10.6. The van der Waals surface area contributed by atoms with Crippen LogP contribution in [0.3, 0.4) is 0 Å². The van der Waals surface area contributed by atoms with Crippen LogP contribution >= 0.6 is 0 Å². The number of aliphatic hydroxyl groups excluding tert-OH is 1. The Labute approximate surface area is 242 Å². The zero-order chi connectivity index (χ0) is 29.5. The number of ether oxygens (including phenoxy) is 5. The molecule has 2 bridgehead atoms. The normalized spacial score (nSPS) is 23.2. The van der Waals surface area contributed by atoms with E-state index in [1.165, 1.54) is 10.8 Å². The van der Waals surface area contributed by atoms with Gasteiger partial charge >= 0.3 is 5.69 Å². The van der Waals surface area contributed by atoms with Crippen molar-refractivity contribution in [3.63, 3.8) is 0 Å². The molecule has 0 spiro atoms. The molecule has 0 aliphatic carbocycles. The number of aliphatic hydroxyl groups is 1. The van der Waals surface area contributed by atoms with E-state index in [0.717, 1.165) is 16.7 Å². The maximum Gasteiger partial charge on any atom is 0.330 e. The number of fused-ring (bicyclic) bond motifs is 2. The number of methoxy groups -OCH3 is 2. The van der Waals surface area contributed by atoms with Crippen LogP contribution in [0.4, 0.5) is 0 Å².